The number of anilines is 1. The van der Waals surface area contributed by atoms with Crippen LogP contribution in [0.4, 0.5) is 5.82 Å². The van der Waals surface area contributed by atoms with Gasteiger partial charge in [0.05, 0.1) is 18.9 Å². The van der Waals surface area contributed by atoms with E-state index in [0.717, 1.165) is 39.2 Å². The van der Waals surface area contributed by atoms with Gasteiger partial charge in [-0.15, -0.1) is 0 Å². The number of H-pyrrole nitrogens is 1. The lowest BCUT2D eigenvalue weighted by molar-refractivity contribution is 0.296. The Morgan fingerprint density at radius 2 is 2.11 bits per heavy atom. The molecule has 0 saturated carbocycles. The summed E-state index contributed by atoms with van der Waals surface area (Å²) in [6.07, 6.45) is 0.887. The van der Waals surface area contributed by atoms with Crippen LogP contribution < -0.4 is 15.2 Å². The highest BCUT2D eigenvalue weighted by Crippen LogP contribution is 2.43. The molecule has 0 saturated heterocycles. The SMILES string of the molecule is Cc1c2c(cc(Br)c1-c1cc(N)n[nH]1)OCCCO2. The Kier molecular flexibility index (Phi) is 3.10. The Hall–Kier alpha value is -1.69. The number of hydrogen-bond acceptors (Lipinski definition) is 4. The van der Waals surface area contributed by atoms with E-state index in [4.69, 9.17) is 15.2 Å². The molecule has 6 heteroatoms. The van der Waals surface area contributed by atoms with Crippen molar-refractivity contribution in [2.24, 2.45) is 0 Å². The Morgan fingerprint density at radius 1 is 1.32 bits per heavy atom. The Labute approximate surface area is 119 Å². The molecule has 0 unspecified atom stereocenters. The zero-order chi connectivity index (χ0) is 13.4. The lowest BCUT2D eigenvalue weighted by Gasteiger charge is -2.15. The van der Waals surface area contributed by atoms with Gasteiger partial charge in [-0.2, -0.15) is 5.10 Å². The van der Waals surface area contributed by atoms with Crippen LogP contribution in [0.2, 0.25) is 0 Å². The second-order valence-electron chi connectivity index (χ2n) is 4.44. The van der Waals surface area contributed by atoms with Gasteiger partial charge in [0.25, 0.3) is 0 Å². The van der Waals surface area contributed by atoms with Gasteiger partial charge in [0.2, 0.25) is 0 Å². The summed E-state index contributed by atoms with van der Waals surface area (Å²) in [5.41, 5.74) is 8.53. The van der Waals surface area contributed by atoms with E-state index in [1.165, 1.54) is 0 Å². The lowest BCUT2D eigenvalue weighted by atomic mass is 10.0. The molecule has 0 atom stereocenters. The number of ether oxygens (including phenoxy) is 2. The Balaban J connectivity index is 2.18. The third-order valence-corrected chi connectivity index (χ3v) is 3.72. The number of benzene rings is 1. The summed E-state index contributed by atoms with van der Waals surface area (Å²) in [6.45, 7) is 3.35. The number of fused-ring (bicyclic) bond motifs is 1. The summed E-state index contributed by atoms with van der Waals surface area (Å²) < 4.78 is 12.4. The molecule has 0 aliphatic carbocycles. The van der Waals surface area contributed by atoms with Gasteiger partial charge in [0, 0.05) is 28.1 Å². The largest absolute Gasteiger partial charge is 0.490 e. The van der Waals surface area contributed by atoms with E-state index >= 15 is 0 Å². The molecular weight excluding hydrogens is 310 g/mol. The van der Waals surface area contributed by atoms with E-state index in [2.05, 4.69) is 26.1 Å². The maximum Gasteiger partial charge on any atom is 0.164 e. The molecule has 100 valence electrons. The van der Waals surface area contributed by atoms with Crippen molar-refractivity contribution in [1.82, 2.24) is 10.2 Å². The van der Waals surface area contributed by atoms with Crippen LogP contribution in [0.1, 0.15) is 12.0 Å². The van der Waals surface area contributed by atoms with Crippen molar-refractivity contribution in [2.75, 3.05) is 18.9 Å². The summed E-state index contributed by atoms with van der Waals surface area (Å²) in [5.74, 6) is 2.04. The summed E-state index contributed by atoms with van der Waals surface area (Å²) in [7, 11) is 0. The van der Waals surface area contributed by atoms with Crippen molar-refractivity contribution in [3.8, 4) is 22.8 Å². The van der Waals surface area contributed by atoms with Gasteiger partial charge >= 0.3 is 0 Å². The van der Waals surface area contributed by atoms with Gasteiger partial charge in [-0.25, -0.2) is 0 Å². The van der Waals surface area contributed by atoms with Crippen molar-refractivity contribution in [3.63, 3.8) is 0 Å². The zero-order valence-electron chi connectivity index (χ0n) is 10.5. The molecule has 0 spiro atoms. The number of aromatic amines is 1. The molecule has 1 aliphatic heterocycles. The predicted molar refractivity (Wildman–Crippen MR) is 76.5 cm³/mol. The van der Waals surface area contributed by atoms with Gasteiger partial charge in [0.1, 0.15) is 5.82 Å². The molecular formula is C13H14BrN3O2. The molecule has 3 rings (SSSR count). The first-order chi connectivity index (χ1) is 9.16. The fourth-order valence-electron chi connectivity index (χ4n) is 2.23. The van der Waals surface area contributed by atoms with E-state index in [0.29, 0.717) is 19.0 Å². The average Bonchev–Trinajstić information content (AvgIpc) is 2.64. The minimum Gasteiger partial charge on any atom is -0.490 e. The smallest absolute Gasteiger partial charge is 0.164 e. The van der Waals surface area contributed by atoms with Gasteiger partial charge in [-0.3, -0.25) is 5.10 Å². The summed E-state index contributed by atoms with van der Waals surface area (Å²) in [6, 6.07) is 3.73. The van der Waals surface area contributed by atoms with Crippen molar-refractivity contribution in [2.45, 2.75) is 13.3 Å². The Morgan fingerprint density at radius 3 is 2.84 bits per heavy atom. The molecule has 1 aliphatic rings. The predicted octanol–water partition coefficient (Wildman–Crippen LogP) is 2.89. The standard InChI is InChI=1S/C13H14BrN3O2/c1-7-12(9-6-11(15)17-16-9)8(14)5-10-13(7)19-4-2-3-18-10/h5-6H,2-4H2,1H3,(H3,15,16,17). The molecule has 0 bridgehead atoms. The quantitative estimate of drug-likeness (QED) is 0.846. The van der Waals surface area contributed by atoms with Gasteiger partial charge in [0.15, 0.2) is 11.5 Å². The van der Waals surface area contributed by atoms with Crippen LogP contribution in [-0.4, -0.2) is 23.4 Å². The minimum absolute atomic E-state index is 0.466. The van der Waals surface area contributed by atoms with Gasteiger partial charge in [-0.1, -0.05) is 0 Å². The fraction of sp³-hybridized carbons (Fsp3) is 0.308. The molecule has 0 fully saturated rings. The first-order valence-corrected chi connectivity index (χ1v) is 6.86. The van der Waals surface area contributed by atoms with Crippen LogP contribution in [0.3, 0.4) is 0 Å². The van der Waals surface area contributed by atoms with Crippen LogP contribution in [0.25, 0.3) is 11.3 Å². The molecule has 5 nitrogen and oxygen atoms in total. The van der Waals surface area contributed by atoms with Crippen LogP contribution in [0, 0.1) is 6.92 Å². The maximum absolute atomic E-state index is 5.79. The summed E-state index contributed by atoms with van der Waals surface area (Å²) in [5, 5.41) is 6.89. The second kappa shape index (κ2) is 4.77. The number of nitrogens with two attached hydrogens (primary N) is 1. The first-order valence-electron chi connectivity index (χ1n) is 6.07. The molecule has 0 radical (unpaired) electrons. The van der Waals surface area contributed by atoms with E-state index in [1.807, 2.05) is 13.0 Å². The van der Waals surface area contributed by atoms with Gasteiger partial charge in [-0.05, 0) is 28.9 Å². The molecule has 19 heavy (non-hydrogen) atoms. The van der Waals surface area contributed by atoms with Crippen molar-refractivity contribution in [1.29, 1.82) is 0 Å². The normalized spacial score (nSPS) is 14.2. The van der Waals surface area contributed by atoms with Crippen molar-refractivity contribution < 1.29 is 9.47 Å². The molecule has 1 aromatic heterocycles. The molecule has 2 heterocycles. The van der Waals surface area contributed by atoms with Crippen LogP contribution in [-0.2, 0) is 0 Å². The number of rotatable bonds is 1. The van der Waals surface area contributed by atoms with E-state index in [9.17, 15) is 0 Å². The summed E-state index contributed by atoms with van der Waals surface area (Å²) >= 11 is 3.57. The highest BCUT2D eigenvalue weighted by molar-refractivity contribution is 9.10. The summed E-state index contributed by atoms with van der Waals surface area (Å²) in [4.78, 5) is 0. The molecule has 3 N–H and O–H groups in total. The number of nitrogens with zero attached hydrogens (tertiary/aromatic N) is 1. The maximum atomic E-state index is 5.79. The van der Waals surface area contributed by atoms with Crippen molar-refractivity contribution >= 4 is 21.7 Å². The fourth-order valence-corrected chi connectivity index (χ4v) is 2.95. The second-order valence-corrected chi connectivity index (χ2v) is 5.30. The van der Waals surface area contributed by atoms with E-state index in [1.54, 1.807) is 6.07 Å². The topological polar surface area (TPSA) is 73.2 Å². The molecule has 2 aromatic rings. The third-order valence-electron chi connectivity index (χ3n) is 3.10. The van der Waals surface area contributed by atoms with Crippen LogP contribution in [0.5, 0.6) is 11.5 Å². The Bertz CT molecular complexity index is 625. The number of nitrogens with one attached hydrogen (secondary N) is 1. The van der Waals surface area contributed by atoms with E-state index in [-0.39, 0.29) is 0 Å². The number of nitrogen functional groups attached to an aromatic ring is 1. The van der Waals surface area contributed by atoms with Crippen molar-refractivity contribution in [3.05, 3.63) is 22.2 Å². The monoisotopic (exact) mass is 323 g/mol. The highest BCUT2D eigenvalue weighted by Gasteiger charge is 2.20. The van der Waals surface area contributed by atoms with Crippen LogP contribution in [0.15, 0.2) is 16.6 Å². The molecule has 1 aromatic carbocycles. The zero-order valence-corrected chi connectivity index (χ0v) is 12.1. The third kappa shape index (κ3) is 2.16. The number of halogens is 1. The first kappa shape index (κ1) is 12.3. The number of aromatic nitrogens is 2. The minimum atomic E-state index is 0.466. The molecule has 0 amide bonds. The number of hydrogen-bond donors (Lipinski definition) is 2. The van der Waals surface area contributed by atoms with Gasteiger partial charge < -0.3 is 15.2 Å². The van der Waals surface area contributed by atoms with E-state index < -0.39 is 0 Å². The highest BCUT2D eigenvalue weighted by atomic mass is 79.9. The lowest BCUT2D eigenvalue weighted by Crippen LogP contribution is -1.98. The average molecular weight is 324 g/mol. The van der Waals surface area contributed by atoms with Crippen LogP contribution >= 0.6 is 15.9 Å².